The summed E-state index contributed by atoms with van der Waals surface area (Å²) in [7, 11) is 0. The van der Waals surface area contributed by atoms with Crippen LogP contribution in [0.15, 0.2) is 152 Å². The average Bonchev–Trinajstić information content (AvgIpc) is 3.57. The molecule has 0 radical (unpaired) electrons. The SMILES string of the molecule is Clc1cccc(-c2ccc(-c3ccc4c5c3c3cccc6c7ccccc7n(c7cccc(c57)n4-c4ccccc4)c63)cc2)c1. The Morgan fingerprint density at radius 3 is 1.93 bits per heavy atom. The van der Waals surface area contributed by atoms with Crippen molar-refractivity contribution in [2.45, 2.75) is 0 Å². The molecule has 10 aromatic rings. The highest BCUT2D eigenvalue weighted by molar-refractivity contribution is 6.34. The summed E-state index contributed by atoms with van der Waals surface area (Å²) in [5, 5.41) is 8.41. The van der Waals surface area contributed by atoms with E-state index in [9.17, 15) is 0 Å². The number of halogens is 1. The minimum Gasteiger partial charge on any atom is -0.309 e. The third-order valence-corrected chi connectivity index (χ3v) is 9.74. The van der Waals surface area contributed by atoms with Crippen molar-refractivity contribution in [3.63, 3.8) is 0 Å². The van der Waals surface area contributed by atoms with Crippen LogP contribution in [-0.4, -0.2) is 8.97 Å². The maximum atomic E-state index is 6.34. The van der Waals surface area contributed by atoms with Crippen molar-refractivity contribution in [3.8, 4) is 27.9 Å². The van der Waals surface area contributed by atoms with Gasteiger partial charge >= 0.3 is 0 Å². The third-order valence-electron chi connectivity index (χ3n) is 9.51. The molecule has 3 heteroatoms. The molecule has 0 fully saturated rings. The predicted octanol–water partition coefficient (Wildman–Crippen LogP) is 11.9. The Kier molecular flexibility index (Phi) is 5.09. The van der Waals surface area contributed by atoms with Crippen LogP contribution in [0.2, 0.25) is 5.02 Å². The van der Waals surface area contributed by atoms with Crippen LogP contribution in [0.3, 0.4) is 0 Å². The molecule has 210 valence electrons. The molecule has 2 nitrogen and oxygen atoms in total. The normalized spacial score (nSPS) is 12.1. The highest BCUT2D eigenvalue weighted by Crippen LogP contribution is 2.47. The maximum Gasteiger partial charge on any atom is 0.0620 e. The zero-order valence-electron chi connectivity index (χ0n) is 24.2. The number of hydrogen-bond acceptors (Lipinski definition) is 0. The Labute approximate surface area is 264 Å². The van der Waals surface area contributed by atoms with Crippen LogP contribution < -0.4 is 0 Å². The van der Waals surface area contributed by atoms with Gasteiger partial charge in [0.25, 0.3) is 0 Å². The van der Waals surface area contributed by atoms with E-state index in [0.717, 1.165) is 21.8 Å². The lowest BCUT2D eigenvalue weighted by atomic mass is 9.93. The van der Waals surface area contributed by atoms with Crippen molar-refractivity contribution in [1.29, 1.82) is 0 Å². The van der Waals surface area contributed by atoms with Gasteiger partial charge in [-0.25, -0.2) is 0 Å². The largest absolute Gasteiger partial charge is 0.309 e. The molecule has 10 rings (SSSR count). The fourth-order valence-corrected chi connectivity index (χ4v) is 7.86. The molecule has 0 N–H and O–H groups in total. The summed E-state index contributed by atoms with van der Waals surface area (Å²) in [5.74, 6) is 0. The molecule has 0 aliphatic heterocycles. The molecule has 0 saturated carbocycles. The molecule has 0 saturated heterocycles. The van der Waals surface area contributed by atoms with Gasteiger partial charge in [-0.3, -0.25) is 0 Å². The van der Waals surface area contributed by atoms with Gasteiger partial charge < -0.3 is 8.97 Å². The standard InChI is InChI=1S/C42H25ClN2/c43-29-10-6-9-28(25-29)26-19-21-27(22-20-26)31-23-24-38-41-39(31)34-15-7-14-33-32-13-4-5-16-35(32)45(42(33)34)37-18-8-17-36(40(37)41)44(38)30-11-2-1-3-12-30/h1-25H. The van der Waals surface area contributed by atoms with E-state index in [1.54, 1.807) is 0 Å². The zero-order chi connectivity index (χ0) is 29.6. The van der Waals surface area contributed by atoms with E-state index in [0.29, 0.717) is 0 Å². The van der Waals surface area contributed by atoms with Crippen molar-refractivity contribution >= 4 is 71.5 Å². The summed E-state index contributed by atoms with van der Waals surface area (Å²) in [5.41, 5.74) is 12.0. The molecule has 0 unspecified atom stereocenters. The summed E-state index contributed by atoms with van der Waals surface area (Å²) in [6.07, 6.45) is 0. The molecule has 0 aliphatic rings. The van der Waals surface area contributed by atoms with Crippen molar-refractivity contribution in [3.05, 3.63) is 157 Å². The fourth-order valence-electron chi connectivity index (χ4n) is 7.67. The van der Waals surface area contributed by atoms with Crippen LogP contribution in [0.4, 0.5) is 0 Å². The summed E-state index contributed by atoms with van der Waals surface area (Å²) in [6.45, 7) is 0. The van der Waals surface area contributed by atoms with E-state index < -0.39 is 0 Å². The van der Waals surface area contributed by atoms with Gasteiger partial charge in [-0.15, -0.1) is 0 Å². The van der Waals surface area contributed by atoms with Gasteiger partial charge in [-0.2, -0.15) is 0 Å². The minimum absolute atomic E-state index is 0.747. The fraction of sp³-hybridized carbons (Fsp3) is 0. The van der Waals surface area contributed by atoms with E-state index >= 15 is 0 Å². The van der Waals surface area contributed by atoms with Gasteiger partial charge in [0.1, 0.15) is 0 Å². The first-order valence-electron chi connectivity index (χ1n) is 15.3. The summed E-state index contributed by atoms with van der Waals surface area (Å²) in [6, 6.07) is 54.8. The number of nitrogens with zero attached hydrogens (tertiary/aromatic N) is 2. The molecule has 0 bridgehead atoms. The molecule has 0 aliphatic carbocycles. The number of rotatable bonds is 3. The van der Waals surface area contributed by atoms with Gasteiger partial charge in [0, 0.05) is 43.0 Å². The van der Waals surface area contributed by atoms with Gasteiger partial charge in [0.15, 0.2) is 0 Å². The Morgan fingerprint density at radius 1 is 0.400 bits per heavy atom. The first kappa shape index (κ1) is 24.8. The van der Waals surface area contributed by atoms with Crippen molar-refractivity contribution in [2.24, 2.45) is 0 Å². The van der Waals surface area contributed by atoms with Gasteiger partial charge in [0.05, 0.1) is 27.6 Å². The van der Waals surface area contributed by atoms with E-state index in [4.69, 9.17) is 11.6 Å². The second-order valence-corrected chi connectivity index (χ2v) is 12.3. The summed E-state index contributed by atoms with van der Waals surface area (Å²) >= 11 is 6.34. The molecule has 3 aromatic heterocycles. The van der Waals surface area contributed by atoms with E-state index in [1.165, 1.54) is 71.0 Å². The van der Waals surface area contributed by atoms with Crippen LogP contribution in [0, 0.1) is 0 Å². The quantitative estimate of drug-likeness (QED) is 0.193. The van der Waals surface area contributed by atoms with Crippen molar-refractivity contribution < 1.29 is 0 Å². The summed E-state index contributed by atoms with van der Waals surface area (Å²) in [4.78, 5) is 0. The Hall–Kier alpha value is -5.57. The van der Waals surface area contributed by atoms with Crippen molar-refractivity contribution in [2.75, 3.05) is 0 Å². The van der Waals surface area contributed by atoms with E-state index in [-0.39, 0.29) is 0 Å². The highest BCUT2D eigenvalue weighted by atomic mass is 35.5. The molecule has 7 aromatic carbocycles. The van der Waals surface area contributed by atoms with Crippen LogP contribution in [0.5, 0.6) is 0 Å². The second-order valence-electron chi connectivity index (χ2n) is 11.9. The Balaban J connectivity index is 1.41. The number of hydrogen-bond donors (Lipinski definition) is 0. The molecule has 0 spiro atoms. The molecule has 0 atom stereocenters. The number of aromatic nitrogens is 2. The number of benzene rings is 7. The maximum absolute atomic E-state index is 6.34. The molecule has 3 heterocycles. The zero-order valence-corrected chi connectivity index (χ0v) is 25.0. The van der Waals surface area contributed by atoms with Crippen LogP contribution in [0.25, 0.3) is 87.8 Å². The van der Waals surface area contributed by atoms with E-state index in [1.807, 2.05) is 18.2 Å². The lowest BCUT2D eigenvalue weighted by molar-refractivity contribution is 1.18. The first-order chi connectivity index (χ1) is 22.3. The predicted molar refractivity (Wildman–Crippen MR) is 191 cm³/mol. The van der Waals surface area contributed by atoms with Crippen LogP contribution in [0.1, 0.15) is 0 Å². The lowest BCUT2D eigenvalue weighted by Crippen LogP contribution is -1.94. The second kappa shape index (κ2) is 9.22. The first-order valence-corrected chi connectivity index (χ1v) is 15.7. The van der Waals surface area contributed by atoms with Crippen LogP contribution >= 0.6 is 11.6 Å². The molecule has 45 heavy (non-hydrogen) atoms. The Morgan fingerprint density at radius 2 is 1.07 bits per heavy atom. The third kappa shape index (κ3) is 3.40. The number of fused-ring (bicyclic) bond motifs is 5. The smallest absolute Gasteiger partial charge is 0.0620 e. The average molecular weight is 593 g/mol. The number of para-hydroxylation sites is 3. The minimum atomic E-state index is 0.747. The van der Waals surface area contributed by atoms with Gasteiger partial charge in [0.2, 0.25) is 0 Å². The Bertz CT molecular complexity index is 2750. The summed E-state index contributed by atoms with van der Waals surface area (Å²) < 4.78 is 4.93. The van der Waals surface area contributed by atoms with Gasteiger partial charge in [-0.1, -0.05) is 115 Å². The van der Waals surface area contributed by atoms with Crippen LogP contribution in [-0.2, 0) is 0 Å². The highest BCUT2D eigenvalue weighted by Gasteiger charge is 2.23. The molecular formula is C42H25ClN2. The molecular weight excluding hydrogens is 568 g/mol. The molecule has 0 amide bonds. The van der Waals surface area contributed by atoms with Gasteiger partial charge in [-0.05, 0) is 70.8 Å². The topological polar surface area (TPSA) is 9.34 Å². The van der Waals surface area contributed by atoms with Crippen molar-refractivity contribution in [1.82, 2.24) is 8.97 Å². The van der Waals surface area contributed by atoms with E-state index in [2.05, 4.69) is 142 Å². The monoisotopic (exact) mass is 592 g/mol. The lowest BCUT2D eigenvalue weighted by Gasteiger charge is -2.12.